The minimum atomic E-state index is -0.233. The van der Waals surface area contributed by atoms with Crippen molar-refractivity contribution in [2.24, 2.45) is 5.92 Å². The maximum Gasteiger partial charge on any atom is 0.317 e. The first kappa shape index (κ1) is 20.9. The largest absolute Gasteiger partial charge is 0.485 e. The Kier molecular flexibility index (Phi) is 6.57. The third kappa shape index (κ3) is 4.84. The van der Waals surface area contributed by atoms with E-state index in [9.17, 15) is 9.59 Å². The second-order valence-corrected chi connectivity index (χ2v) is 7.85. The normalized spacial score (nSPS) is 19.7. The summed E-state index contributed by atoms with van der Waals surface area (Å²) in [5.74, 6) is 0.593. The summed E-state index contributed by atoms with van der Waals surface area (Å²) in [6.07, 6.45) is -0.233. The van der Waals surface area contributed by atoms with Gasteiger partial charge in [0.2, 0.25) is 0 Å². The molecule has 0 aliphatic carbocycles. The average molecular weight is 377 g/mol. The Bertz CT molecular complexity index is 690. The Balaban J connectivity index is 2.36. The predicted octanol–water partition coefficient (Wildman–Crippen LogP) is 2.27. The summed E-state index contributed by atoms with van der Waals surface area (Å²) in [4.78, 5) is 30.4. The Morgan fingerprint density at radius 3 is 2.59 bits per heavy atom. The fourth-order valence-corrected chi connectivity index (χ4v) is 3.20. The SMILES string of the molecule is CC(C)NC(=O)N(C)C[C@H]1Oc2c(cccc2N(C)C)C(=O)N(C)C[C@H]1C. The average Bonchev–Trinajstić information content (AvgIpc) is 2.58. The van der Waals surface area contributed by atoms with Crippen LogP contribution in [0.15, 0.2) is 18.2 Å². The number of para-hydroxylation sites is 1. The minimum absolute atomic E-state index is 0.0510. The molecule has 0 saturated carbocycles. The summed E-state index contributed by atoms with van der Waals surface area (Å²) in [5, 5.41) is 2.90. The maximum atomic E-state index is 12.8. The van der Waals surface area contributed by atoms with Crippen molar-refractivity contribution in [3.8, 4) is 5.75 Å². The molecule has 7 nitrogen and oxygen atoms in total. The quantitative estimate of drug-likeness (QED) is 0.876. The molecule has 2 rings (SSSR count). The monoisotopic (exact) mass is 376 g/mol. The topological polar surface area (TPSA) is 65.1 Å². The molecule has 0 fully saturated rings. The molecule has 7 heteroatoms. The number of carbonyl (C=O) groups is 2. The van der Waals surface area contributed by atoms with Crippen LogP contribution in [-0.2, 0) is 0 Å². The van der Waals surface area contributed by atoms with Gasteiger partial charge >= 0.3 is 6.03 Å². The first-order valence-electron chi connectivity index (χ1n) is 9.35. The fourth-order valence-electron chi connectivity index (χ4n) is 3.20. The van der Waals surface area contributed by atoms with Gasteiger partial charge < -0.3 is 24.8 Å². The second kappa shape index (κ2) is 8.50. The van der Waals surface area contributed by atoms with Gasteiger partial charge in [-0.15, -0.1) is 0 Å². The van der Waals surface area contributed by atoms with Crippen LogP contribution in [0.25, 0.3) is 0 Å². The number of fused-ring (bicyclic) bond motifs is 1. The molecule has 0 spiro atoms. The fraction of sp³-hybridized carbons (Fsp3) is 0.600. The lowest BCUT2D eigenvalue weighted by molar-refractivity contribution is 0.0578. The number of anilines is 1. The molecule has 27 heavy (non-hydrogen) atoms. The van der Waals surface area contributed by atoms with E-state index in [0.29, 0.717) is 24.4 Å². The summed E-state index contributed by atoms with van der Waals surface area (Å²) in [5.41, 5.74) is 1.40. The Labute approximate surface area is 162 Å². The highest BCUT2D eigenvalue weighted by molar-refractivity contribution is 5.99. The molecule has 0 saturated heterocycles. The number of nitrogens with zero attached hydrogens (tertiary/aromatic N) is 3. The predicted molar refractivity (Wildman–Crippen MR) is 108 cm³/mol. The number of likely N-dealkylation sites (N-methyl/N-ethyl adjacent to an activating group) is 1. The first-order valence-corrected chi connectivity index (χ1v) is 9.35. The van der Waals surface area contributed by atoms with E-state index in [1.54, 1.807) is 22.9 Å². The summed E-state index contributed by atoms with van der Waals surface area (Å²) in [6.45, 7) is 6.91. The number of rotatable bonds is 4. The Hall–Kier alpha value is -2.44. The number of hydrogen-bond donors (Lipinski definition) is 1. The van der Waals surface area contributed by atoms with E-state index in [-0.39, 0.29) is 30.0 Å². The smallest absolute Gasteiger partial charge is 0.317 e. The number of benzene rings is 1. The molecular weight excluding hydrogens is 344 g/mol. The van der Waals surface area contributed by atoms with Gasteiger partial charge in [0.15, 0.2) is 5.75 Å². The molecule has 0 bridgehead atoms. The molecule has 1 aromatic carbocycles. The van der Waals surface area contributed by atoms with E-state index < -0.39 is 0 Å². The van der Waals surface area contributed by atoms with Crippen LogP contribution in [0.2, 0.25) is 0 Å². The summed E-state index contributed by atoms with van der Waals surface area (Å²) >= 11 is 0. The van der Waals surface area contributed by atoms with E-state index in [1.807, 2.05) is 58.9 Å². The lowest BCUT2D eigenvalue weighted by Crippen LogP contribution is -2.49. The zero-order valence-electron chi connectivity index (χ0n) is 17.4. The summed E-state index contributed by atoms with van der Waals surface area (Å²) < 4.78 is 6.38. The molecule has 0 radical (unpaired) electrons. The number of hydrogen-bond acceptors (Lipinski definition) is 4. The molecular formula is C20H32N4O3. The highest BCUT2D eigenvalue weighted by Crippen LogP contribution is 2.35. The Morgan fingerprint density at radius 1 is 1.33 bits per heavy atom. The lowest BCUT2D eigenvalue weighted by atomic mass is 10.0. The molecule has 1 aromatic rings. The van der Waals surface area contributed by atoms with Gasteiger partial charge in [-0.25, -0.2) is 4.79 Å². The van der Waals surface area contributed by atoms with Crippen LogP contribution in [0.1, 0.15) is 31.1 Å². The summed E-state index contributed by atoms with van der Waals surface area (Å²) in [6, 6.07) is 5.54. The van der Waals surface area contributed by atoms with Crippen LogP contribution in [0.4, 0.5) is 10.5 Å². The first-order chi connectivity index (χ1) is 12.6. The number of ether oxygens (including phenoxy) is 1. The van der Waals surface area contributed by atoms with Crippen LogP contribution >= 0.6 is 0 Å². The van der Waals surface area contributed by atoms with Crippen molar-refractivity contribution in [2.45, 2.75) is 32.9 Å². The second-order valence-electron chi connectivity index (χ2n) is 7.85. The number of nitrogens with one attached hydrogen (secondary N) is 1. The van der Waals surface area contributed by atoms with Crippen LogP contribution in [-0.4, -0.2) is 75.2 Å². The highest BCUT2D eigenvalue weighted by Gasteiger charge is 2.32. The maximum absolute atomic E-state index is 12.8. The number of carbonyl (C=O) groups excluding carboxylic acids is 2. The molecule has 3 amide bonds. The van der Waals surface area contributed by atoms with Crippen LogP contribution < -0.4 is 15.0 Å². The van der Waals surface area contributed by atoms with Gasteiger partial charge in [-0.2, -0.15) is 0 Å². The number of amides is 3. The van der Waals surface area contributed by atoms with Gasteiger partial charge in [-0.3, -0.25) is 4.79 Å². The van der Waals surface area contributed by atoms with E-state index >= 15 is 0 Å². The molecule has 1 N–H and O–H groups in total. The van der Waals surface area contributed by atoms with E-state index in [4.69, 9.17) is 4.74 Å². The molecule has 1 heterocycles. The van der Waals surface area contributed by atoms with Gasteiger partial charge in [0.1, 0.15) is 6.10 Å². The van der Waals surface area contributed by atoms with Crippen molar-refractivity contribution >= 4 is 17.6 Å². The van der Waals surface area contributed by atoms with E-state index in [0.717, 1.165) is 5.69 Å². The van der Waals surface area contributed by atoms with Gasteiger partial charge in [0.05, 0.1) is 17.8 Å². The van der Waals surface area contributed by atoms with E-state index in [2.05, 4.69) is 5.32 Å². The van der Waals surface area contributed by atoms with Crippen LogP contribution in [0.5, 0.6) is 5.75 Å². The zero-order chi connectivity index (χ0) is 20.3. The minimum Gasteiger partial charge on any atom is -0.485 e. The van der Waals surface area contributed by atoms with Gasteiger partial charge in [0, 0.05) is 46.7 Å². The van der Waals surface area contributed by atoms with Crippen molar-refractivity contribution in [2.75, 3.05) is 46.2 Å². The Morgan fingerprint density at radius 2 is 2.00 bits per heavy atom. The molecule has 1 aliphatic rings. The molecule has 0 unspecified atom stereocenters. The molecule has 150 valence electrons. The van der Waals surface area contributed by atoms with Crippen molar-refractivity contribution in [1.29, 1.82) is 0 Å². The van der Waals surface area contributed by atoms with Gasteiger partial charge in [-0.1, -0.05) is 13.0 Å². The molecule has 1 aliphatic heterocycles. The third-order valence-corrected chi connectivity index (χ3v) is 4.73. The zero-order valence-corrected chi connectivity index (χ0v) is 17.4. The van der Waals surface area contributed by atoms with Crippen LogP contribution in [0.3, 0.4) is 0 Å². The molecule has 2 atom stereocenters. The van der Waals surface area contributed by atoms with Gasteiger partial charge in [-0.05, 0) is 26.0 Å². The van der Waals surface area contributed by atoms with Crippen molar-refractivity contribution in [3.63, 3.8) is 0 Å². The standard InChI is InChI=1S/C20H32N4O3/c1-13(2)21-20(26)24(7)12-17-14(3)11-23(6)19(25)15-9-8-10-16(22(4)5)18(15)27-17/h8-10,13-14,17H,11-12H2,1-7H3,(H,21,26)/t14-,17-/m1/s1. The molecule has 0 aromatic heterocycles. The lowest BCUT2D eigenvalue weighted by Gasteiger charge is -2.36. The van der Waals surface area contributed by atoms with E-state index in [1.165, 1.54) is 0 Å². The third-order valence-electron chi connectivity index (χ3n) is 4.73. The van der Waals surface area contributed by atoms with Crippen molar-refractivity contribution < 1.29 is 14.3 Å². The van der Waals surface area contributed by atoms with Crippen molar-refractivity contribution in [1.82, 2.24) is 15.1 Å². The highest BCUT2D eigenvalue weighted by atomic mass is 16.5. The van der Waals surface area contributed by atoms with Crippen molar-refractivity contribution in [3.05, 3.63) is 23.8 Å². The van der Waals surface area contributed by atoms with Gasteiger partial charge in [0.25, 0.3) is 5.91 Å². The summed E-state index contributed by atoms with van der Waals surface area (Å²) in [7, 11) is 7.42. The number of urea groups is 1. The van der Waals surface area contributed by atoms with Crippen LogP contribution in [0, 0.1) is 5.92 Å².